The number of carbonyl (C=O) groups is 3. The van der Waals surface area contributed by atoms with E-state index in [9.17, 15) is 27.6 Å². The SMILES string of the molecule is O=C(CN1CN(c2ccccc2)C2(CCN(C(=O)c3ccc(-c4ccccc4)cc3)CC2)C1=O)NCc1cccc(C(F)(F)F)c1. The molecule has 236 valence electrons. The molecule has 0 aromatic heterocycles. The summed E-state index contributed by atoms with van der Waals surface area (Å²) in [6.45, 7) is 0.573. The first kappa shape index (κ1) is 30.9. The van der Waals surface area contributed by atoms with E-state index in [1.807, 2.05) is 89.8 Å². The van der Waals surface area contributed by atoms with Gasteiger partial charge in [0.05, 0.1) is 12.2 Å². The summed E-state index contributed by atoms with van der Waals surface area (Å²) in [6, 6.07) is 31.7. The summed E-state index contributed by atoms with van der Waals surface area (Å²) in [5.41, 5.74) is 2.08. The van der Waals surface area contributed by atoms with Crippen LogP contribution in [0.5, 0.6) is 0 Å². The van der Waals surface area contributed by atoms with E-state index in [0.717, 1.165) is 28.9 Å². The third-order valence-electron chi connectivity index (χ3n) is 8.78. The maximum absolute atomic E-state index is 14.0. The average molecular weight is 627 g/mol. The lowest BCUT2D eigenvalue weighted by atomic mass is 9.85. The fourth-order valence-corrected chi connectivity index (χ4v) is 6.31. The lowest BCUT2D eigenvalue weighted by Crippen LogP contribution is -2.57. The molecule has 2 fully saturated rings. The monoisotopic (exact) mass is 626 g/mol. The van der Waals surface area contributed by atoms with Crippen LogP contribution < -0.4 is 10.2 Å². The summed E-state index contributed by atoms with van der Waals surface area (Å²) in [4.78, 5) is 45.7. The molecule has 2 saturated heterocycles. The topological polar surface area (TPSA) is 73.0 Å². The number of anilines is 1. The maximum atomic E-state index is 14.0. The zero-order chi connectivity index (χ0) is 32.3. The number of piperidine rings is 1. The molecule has 3 amide bonds. The second-order valence-corrected chi connectivity index (χ2v) is 11.7. The van der Waals surface area contributed by atoms with E-state index >= 15 is 0 Å². The van der Waals surface area contributed by atoms with Crippen molar-refractivity contribution in [2.24, 2.45) is 0 Å². The van der Waals surface area contributed by atoms with Gasteiger partial charge in [-0.05, 0) is 65.9 Å². The quantitative estimate of drug-likeness (QED) is 0.275. The summed E-state index contributed by atoms with van der Waals surface area (Å²) in [7, 11) is 0. The number of rotatable bonds is 7. The van der Waals surface area contributed by atoms with E-state index in [0.29, 0.717) is 37.1 Å². The third kappa shape index (κ3) is 6.33. The van der Waals surface area contributed by atoms with Crippen molar-refractivity contribution in [3.63, 3.8) is 0 Å². The summed E-state index contributed by atoms with van der Waals surface area (Å²) < 4.78 is 39.3. The number of benzene rings is 4. The van der Waals surface area contributed by atoms with E-state index in [2.05, 4.69) is 5.32 Å². The van der Waals surface area contributed by atoms with Crippen molar-refractivity contribution in [2.75, 3.05) is 31.2 Å². The van der Waals surface area contributed by atoms with Crippen LogP contribution in [-0.2, 0) is 22.3 Å². The minimum atomic E-state index is -4.48. The van der Waals surface area contributed by atoms with Gasteiger partial charge in [-0.3, -0.25) is 14.4 Å². The van der Waals surface area contributed by atoms with Crippen LogP contribution in [0.4, 0.5) is 18.9 Å². The summed E-state index contributed by atoms with van der Waals surface area (Å²) >= 11 is 0. The maximum Gasteiger partial charge on any atom is 0.416 e. The molecular formula is C36H33F3N4O3. The molecule has 2 heterocycles. The molecule has 0 bridgehead atoms. The lowest BCUT2D eigenvalue weighted by Gasteiger charge is -2.43. The minimum Gasteiger partial charge on any atom is -0.350 e. The van der Waals surface area contributed by atoms with Crippen LogP contribution in [-0.4, -0.2) is 59.4 Å². The van der Waals surface area contributed by atoms with Gasteiger partial charge in [0.1, 0.15) is 12.1 Å². The molecule has 0 atom stereocenters. The molecule has 1 spiro atoms. The molecule has 0 unspecified atom stereocenters. The Kier molecular flexibility index (Phi) is 8.53. The predicted molar refractivity (Wildman–Crippen MR) is 169 cm³/mol. The largest absolute Gasteiger partial charge is 0.416 e. The van der Waals surface area contributed by atoms with Crippen molar-refractivity contribution < 1.29 is 27.6 Å². The standard InChI is InChI=1S/C36H33F3N4O3/c37-36(38,39)30-11-7-8-26(22-30)23-40-32(44)24-42-25-43(31-12-5-2-6-13-31)35(34(42)46)18-20-41(21-19-35)33(45)29-16-14-28(15-17-29)27-9-3-1-4-10-27/h1-17,22H,18-21,23-25H2,(H,40,44). The number of carbonyl (C=O) groups excluding carboxylic acids is 3. The number of amides is 3. The van der Waals surface area contributed by atoms with Crippen LogP contribution in [0.15, 0.2) is 109 Å². The first-order chi connectivity index (χ1) is 22.1. The van der Waals surface area contributed by atoms with Gasteiger partial charge >= 0.3 is 6.18 Å². The molecule has 2 aliphatic rings. The fraction of sp³-hybridized carbons (Fsp3) is 0.250. The number of nitrogens with one attached hydrogen (secondary N) is 1. The Morgan fingerprint density at radius 2 is 1.41 bits per heavy atom. The molecule has 1 N–H and O–H groups in total. The second-order valence-electron chi connectivity index (χ2n) is 11.7. The highest BCUT2D eigenvalue weighted by Gasteiger charge is 2.54. The lowest BCUT2D eigenvalue weighted by molar-refractivity contribution is -0.138. The molecule has 0 saturated carbocycles. The summed E-state index contributed by atoms with van der Waals surface area (Å²) in [6.07, 6.45) is -3.71. The van der Waals surface area contributed by atoms with E-state index in [-0.39, 0.29) is 31.6 Å². The van der Waals surface area contributed by atoms with E-state index in [4.69, 9.17) is 0 Å². The van der Waals surface area contributed by atoms with E-state index in [1.54, 1.807) is 4.90 Å². The minimum absolute atomic E-state index is 0.0955. The van der Waals surface area contributed by atoms with Gasteiger partial charge in [-0.1, -0.05) is 72.8 Å². The van der Waals surface area contributed by atoms with Crippen LogP contribution in [0.1, 0.15) is 34.3 Å². The highest BCUT2D eigenvalue weighted by Crippen LogP contribution is 2.40. The number of halogens is 3. The third-order valence-corrected chi connectivity index (χ3v) is 8.78. The van der Waals surface area contributed by atoms with Crippen LogP contribution in [0.2, 0.25) is 0 Å². The molecule has 4 aromatic rings. The van der Waals surface area contributed by atoms with Crippen molar-refractivity contribution >= 4 is 23.4 Å². The summed E-state index contributed by atoms with van der Waals surface area (Å²) in [5.74, 6) is -0.774. The Morgan fingerprint density at radius 3 is 2.07 bits per heavy atom. The molecule has 4 aromatic carbocycles. The molecular weight excluding hydrogens is 593 g/mol. The Labute approximate surface area is 265 Å². The van der Waals surface area contributed by atoms with Crippen LogP contribution in [0.3, 0.4) is 0 Å². The molecule has 7 nitrogen and oxygen atoms in total. The van der Waals surface area contributed by atoms with E-state index in [1.165, 1.54) is 17.0 Å². The number of para-hydroxylation sites is 1. The van der Waals surface area contributed by atoms with Crippen LogP contribution >= 0.6 is 0 Å². The molecule has 2 aliphatic heterocycles. The first-order valence-electron chi connectivity index (χ1n) is 15.1. The molecule has 10 heteroatoms. The first-order valence-corrected chi connectivity index (χ1v) is 15.1. The van der Waals surface area contributed by atoms with Crippen molar-refractivity contribution in [3.8, 4) is 11.1 Å². The smallest absolute Gasteiger partial charge is 0.350 e. The number of likely N-dealkylation sites (tertiary alicyclic amines) is 1. The second kappa shape index (κ2) is 12.7. The van der Waals surface area contributed by atoms with Crippen molar-refractivity contribution in [2.45, 2.75) is 31.1 Å². The fourth-order valence-electron chi connectivity index (χ4n) is 6.31. The van der Waals surface area contributed by atoms with Gasteiger partial charge < -0.3 is 20.0 Å². The van der Waals surface area contributed by atoms with Gasteiger partial charge in [-0.15, -0.1) is 0 Å². The predicted octanol–water partition coefficient (Wildman–Crippen LogP) is 5.97. The van der Waals surface area contributed by atoms with Gasteiger partial charge in [-0.2, -0.15) is 13.2 Å². The van der Waals surface area contributed by atoms with Gasteiger partial charge in [0.15, 0.2) is 0 Å². The van der Waals surface area contributed by atoms with Crippen LogP contribution in [0, 0.1) is 0 Å². The zero-order valence-electron chi connectivity index (χ0n) is 25.0. The normalized spacial score (nSPS) is 16.2. The highest BCUT2D eigenvalue weighted by molar-refractivity contribution is 5.98. The number of nitrogens with zero attached hydrogens (tertiary/aromatic N) is 3. The number of alkyl halides is 3. The number of hydrogen-bond donors (Lipinski definition) is 1. The van der Waals surface area contributed by atoms with Gasteiger partial charge in [0, 0.05) is 30.9 Å². The summed E-state index contributed by atoms with van der Waals surface area (Å²) in [5, 5.41) is 2.65. The Hall–Kier alpha value is -5.12. The van der Waals surface area contributed by atoms with Gasteiger partial charge in [0.25, 0.3) is 11.8 Å². The Bertz CT molecular complexity index is 1700. The van der Waals surface area contributed by atoms with Crippen molar-refractivity contribution in [1.82, 2.24) is 15.1 Å². The molecule has 0 aliphatic carbocycles. The molecule has 46 heavy (non-hydrogen) atoms. The van der Waals surface area contributed by atoms with Crippen LogP contribution in [0.25, 0.3) is 11.1 Å². The zero-order valence-corrected chi connectivity index (χ0v) is 25.0. The average Bonchev–Trinajstić information content (AvgIpc) is 3.34. The van der Waals surface area contributed by atoms with Crippen molar-refractivity contribution in [1.29, 1.82) is 0 Å². The Balaban J connectivity index is 1.13. The van der Waals surface area contributed by atoms with Crippen molar-refractivity contribution in [3.05, 3.63) is 126 Å². The molecule has 6 rings (SSSR count). The Morgan fingerprint density at radius 1 is 0.783 bits per heavy atom. The molecule has 0 radical (unpaired) electrons. The highest BCUT2D eigenvalue weighted by atomic mass is 19.4. The number of hydrogen-bond acceptors (Lipinski definition) is 4. The van der Waals surface area contributed by atoms with Gasteiger partial charge in [-0.25, -0.2) is 0 Å². The van der Waals surface area contributed by atoms with E-state index < -0.39 is 23.2 Å². The van der Waals surface area contributed by atoms with Gasteiger partial charge in [0.2, 0.25) is 5.91 Å².